The maximum absolute atomic E-state index is 12.8. The van der Waals surface area contributed by atoms with Crippen LogP contribution in [0, 0.1) is 6.92 Å². The van der Waals surface area contributed by atoms with Crippen molar-refractivity contribution >= 4 is 40.2 Å². The second-order valence-corrected chi connectivity index (χ2v) is 8.41. The van der Waals surface area contributed by atoms with Gasteiger partial charge in [0.1, 0.15) is 0 Å². The van der Waals surface area contributed by atoms with Crippen LogP contribution in [-0.2, 0) is 0 Å². The van der Waals surface area contributed by atoms with E-state index in [0.29, 0.717) is 5.56 Å². The lowest BCUT2D eigenvalue weighted by atomic mass is 9.99. The number of carbonyl (C=O) groups is 1. The van der Waals surface area contributed by atoms with Crippen LogP contribution in [0.5, 0.6) is 0 Å². The van der Waals surface area contributed by atoms with Gasteiger partial charge in [-0.25, -0.2) is 4.72 Å². The number of hydrogen-bond donors (Lipinski definition) is 2. The number of aromatic nitrogens is 1. The Balaban J connectivity index is 1.41. The Morgan fingerprint density at radius 3 is 2.71 bits per heavy atom. The zero-order valence-electron chi connectivity index (χ0n) is 17.1. The smallest absolute Gasteiger partial charge is 0.255 e. The molecule has 1 aliphatic rings. The zero-order chi connectivity index (χ0) is 21.2. The van der Waals surface area contributed by atoms with Gasteiger partial charge in [0.25, 0.3) is 5.91 Å². The molecule has 1 aliphatic heterocycles. The van der Waals surface area contributed by atoms with Gasteiger partial charge in [-0.1, -0.05) is 30.3 Å². The van der Waals surface area contributed by atoms with Crippen molar-refractivity contribution in [3.63, 3.8) is 0 Å². The van der Waals surface area contributed by atoms with Crippen molar-refractivity contribution in [2.75, 3.05) is 22.7 Å². The summed E-state index contributed by atoms with van der Waals surface area (Å²) in [5.74, 6) is -0.126. The molecule has 6 heteroatoms. The van der Waals surface area contributed by atoms with Crippen molar-refractivity contribution in [3.8, 4) is 11.3 Å². The first kappa shape index (κ1) is 19.6. The van der Waals surface area contributed by atoms with E-state index in [1.807, 2.05) is 66.9 Å². The van der Waals surface area contributed by atoms with Gasteiger partial charge >= 0.3 is 0 Å². The summed E-state index contributed by atoms with van der Waals surface area (Å²) in [7, 11) is 0. The van der Waals surface area contributed by atoms with Crippen LogP contribution in [0.2, 0.25) is 0 Å². The number of aryl methyl sites for hydroxylation is 1. The minimum atomic E-state index is -0.126. The topological polar surface area (TPSA) is 57.3 Å². The fourth-order valence-electron chi connectivity index (χ4n) is 3.77. The molecule has 0 aliphatic carbocycles. The Morgan fingerprint density at radius 1 is 1.06 bits per heavy atom. The van der Waals surface area contributed by atoms with Crippen molar-refractivity contribution in [3.05, 3.63) is 90.1 Å². The molecule has 2 N–H and O–H groups in total. The second-order valence-electron chi connectivity index (χ2n) is 7.50. The number of pyridine rings is 1. The van der Waals surface area contributed by atoms with Gasteiger partial charge in [0, 0.05) is 59.3 Å². The molecule has 1 saturated heterocycles. The van der Waals surface area contributed by atoms with Crippen LogP contribution in [0.3, 0.4) is 0 Å². The van der Waals surface area contributed by atoms with Crippen molar-refractivity contribution in [1.29, 1.82) is 0 Å². The van der Waals surface area contributed by atoms with E-state index in [1.54, 1.807) is 12.1 Å². The van der Waals surface area contributed by atoms with Crippen LogP contribution < -0.4 is 14.3 Å². The average Bonchev–Trinajstić information content (AvgIpc) is 3.35. The molecule has 0 unspecified atom stereocenters. The van der Waals surface area contributed by atoms with E-state index in [2.05, 4.69) is 38.4 Å². The maximum atomic E-state index is 12.8. The average molecular weight is 427 g/mol. The molecule has 3 aromatic carbocycles. The molecule has 4 aromatic rings. The van der Waals surface area contributed by atoms with Crippen LogP contribution in [0.25, 0.3) is 22.0 Å². The van der Waals surface area contributed by atoms with Crippen LogP contribution in [0.1, 0.15) is 15.9 Å². The fraction of sp³-hybridized carbons (Fsp3) is 0.120. The SMILES string of the molecule is Cc1ccc(NC(=O)c2ccc(N3CCNS3)cc2)cc1-c1nccc2ccccc12. The van der Waals surface area contributed by atoms with E-state index in [0.717, 1.165) is 52.1 Å². The molecule has 0 atom stereocenters. The van der Waals surface area contributed by atoms with E-state index >= 15 is 0 Å². The lowest BCUT2D eigenvalue weighted by Crippen LogP contribution is -2.13. The zero-order valence-corrected chi connectivity index (χ0v) is 17.9. The Hall–Kier alpha value is -3.35. The first-order valence-electron chi connectivity index (χ1n) is 10.2. The van der Waals surface area contributed by atoms with Gasteiger partial charge in [0.05, 0.1) is 5.69 Å². The third kappa shape index (κ3) is 4.00. The highest BCUT2D eigenvalue weighted by Crippen LogP contribution is 2.31. The highest BCUT2D eigenvalue weighted by Gasteiger charge is 2.15. The summed E-state index contributed by atoms with van der Waals surface area (Å²) >= 11 is 1.59. The maximum Gasteiger partial charge on any atom is 0.255 e. The first-order valence-corrected chi connectivity index (χ1v) is 11.0. The number of nitrogens with zero attached hydrogens (tertiary/aromatic N) is 2. The molecule has 31 heavy (non-hydrogen) atoms. The molecule has 1 fully saturated rings. The molecule has 0 radical (unpaired) electrons. The quantitative estimate of drug-likeness (QED) is 0.426. The monoisotopic (exact) mass is 426 g/mol. The molecule has 1 amide bonds. The summed E-state index contributed by atoms with van der Waals surface area (Å²) < 4.78 is 5.41. The lowest BCUT2D eigenvalue weighted by molar-refractivity contribution is 0.102. The molecule has 2 heterocycles. The third-order valence-corrected chi connectivity index (χ3v) is 6.38. The lowest BCUT2D eigenvalue weighted by Gasteiger charge is -2.15. The van der Waals surface area contributed by atoms with Gasteiger partial charge in [-0.15, -0.1) is 0 Å². The molecular weight excluding hydrogens is 404 g/mol. The molecule has 154 valence electrons. The summed E-state index contributed by atoms with van der Waals surface area (Å²) in [6.45, 7) is 3.97. The Labute approximate surface area is 185 Å². The largest absolute Gasteiger partial charge is 0.322 e. The summed E-state index contributed by atoms with van der Waals surface area (Å²) in [4.78, 5) is 17.5. The number of fused-ring (bicyclic) bond motifs is 1. The van der Waals surface area contributed by atoms with Crippen molar-refractivity contribution in [2.24, 2.45) is 0 Å². The van der Waals surface area contributed by atoms with Gasteiger partial charge in [-0.3, -0.25) is 9.78 Å². The van der Waals surface area contributed by atoms with E-state index < -0.39 is 0 Å². The molecule has 0 spiro atoms. The van der Waals surface area contributed by atoms with Crippen LogP contribution >= 0.6 is 12.1 Å². The predicted molar refractivity (Wildman–Crippen MR) is 129 cm³/mol. The standard InChI is InChI=1S/C25H22N4OS/c1-17-6-9-20(16-23(17)24-22-5-3-2-4-18(22)12-13-26-24)28-25(30)19-7-10-21(11-8-19)29-15-14-27-31-29/h2-13,16,27H,14-15H2,1H3,(H,28,30). The fourth-order valence-corrected chi connectivity index (χ4v) is 4.52. The van der Waals surface area contributed by atoms with Gasteiger partial charge in [-0.05, 0) is 60.3 Å². The molecule has 5 rings (SSSR count). The van der Waals surface area contributed by atoms with Crippen LogP contribution in [-0.4, -0.2) is 24.0 Å². The number of anilines is 2. The first-order chi connectivity index (χ1) is 15.2. The van der Waals surface area contributed by atoms with Gasteiger partial charge in [-0.2, -0.15) is 0 Å². The van der Waals surface area contributed by atoms with Crippen molar-refractivity contribution in [2.45, 2.75) is 6.92 Å². The minimum absolute atomic E-state index is 0.126. The highest BCUT2D eigenvalue weighted by molar-refractivity contribution is 7.99. The van der Waals surface area contributed by atoms with Gasteiger partial charge in [0.15, 0.2) is 0 Å². The van der Waals surface area contributed by atoms with Gasteiger partial charge in [0.2, 0.25) is 0 Å². The highest BCUT2D eigenvalue weighted by atomic mass is 32.2. The molecule has 1 aromatic heterocycles. The number of nitrogens with one attached hydrogen (secondary N) is 2. The Morgan fingerprint density at radius 2 is 1.90 bits per heavy atom. The predicted octanol–water partition coefficient (Wildman–Crippen LogP) is 5.44. The summed E-state index contributed by atoms with van der Waals surface area (Å²) in [5, 5.41) is 5.28. The number of hydrogen-bond acceptors (Lipinski definition) is 5. The molecule has 0 saturated carbocycles. The number of rotatable bonds is 4. The van der Waals surface area contributed by atoms with E-state index in [9.17, 15) is 4.79 Å². The Bertz CT molecular complexity index is 1240. The van der Waals surface area contributed by atoms with E-state index in [4.69, 9.17) is 0 Å². The number of amides is 1. The molecular formula is C25H22N4OS. The number of carbonyl (C=O) groups excluding carboxylic acids is 1. The van der Waals surface area contributed by atoms with E-state index in [-0.39, 0.29) is 5.91 Å². The van der Waals surface area contributed by atoms with Crippen molar-refractivity contribution < 1.29 is 4.79 Å². The molecule has 0 bridgehead atoms. The third-order valence-electron chi connectivity index (χ3n) is 5.43. The molecule has 5 nitrogen and oxygen atoms in total. The van der Waals surface area contributed by atoms with Crippen molar-refractivity contribution in [1.82, 2.24) is 9.71 Å². The summed E-state index contributed by atoms with van der Waals surface area (Å²) in [5.41, 5.74) is 5.53. The normalized spacial score (nSPS) is 13.5. The summed E-state index contributed by atoms with van der Waals surface area (Å²) in [6.07, 6.45) is 1.83. The Kier molecular flexibility index (Phi) is 5.32. The number of benzene rings is 3. The van der Waals surface area contributed by atoms with Crippen LogP contribution in [0.4, 0.5) is 11.4 Å². The summed E-state index contributed by atoms with van der Waals surface area (Å²) in [6, 6.07) is 23.9. The van der Waals surface area contributed by atoms with Gasteiger partial charge < -0.3 is 9.62 Å². The van der Waals surface area contributed by atoms with Crippen LogP contribution in [0.15, 0.2) is 79.0 Å². The second kappa shape index (κ2) is 8.41. The minimum Gasteiger partial charge on any atom is -0.322 e. The van der Waals surface area contributed by atoms with E-state index in [1.165, 1.54) is 0 Å².